The molecular weight excluding hydrogens is 320 g/mol. The molecule has 116 valence electrons. The van der Waals surface area contributed by atoms with Gasteiger partial charge in [-0.1, -0.05) is 29.8 Å². The van der Waals surface area contributed by atoms with Crippen LogP contribution in [0.25, 0.3) is 0 Å². The van der Waals surface area contributed by atoms with E-state index in [1.807, 2.05) is 51.1 Å². The van der Waals surface area contributed by atoms with Crippen LogP contribution < -0.4 is 15.4 Å². The van der Waals surface area contributed by atoms with Crippen molar-refractivity contribution >= 4 is 34.9 Å². The summed E-state index contributed by atoms with van der Waals surface area (Å²) in [5.74, 6) is 1.28. The fourth-order valence-electron chi connectivity index (χ4n) is 1.59. The highest BCUT2D eigenvalue weighted by atomic mass is 35.5. The van der Waals surface area contributed by atoms with Crippen LogP contribution in [-0.4, -0.2) is 20.6 Å². The Morgan fingerprint density at radius 3 is 2.50 bits per heavy atom. The third-order valence-corrected chi connectivity index (χ3v) is 2.75. The molecule has 0 saturated heterocycles. The number of para-hydroxylation sites is 1. The molecule has 0 saturated carbocycles. The van der Waals surface area contributed by atoms with Gasteiger partial charge in [0.1, 0.15) is 10.9 Å². The fourth-order valence-corrected chi connectivity index (χ4v) is 2.16. The molecule has 0 aliphatic heterocycles. The molecule has 0 amide bonds. The Kier molecular flexibility index (Phi) is 5.15. The van der Waals surface area contributed by atoms with Crippen LogP contribution in [0.1, 0.15) is 20.8 Å². The van der Waals surface area contributed by atoms with Crippen molar-refractivity contribution in [1.82, 2.24) is 15.3 Å². The van der Waals surface area contributed by atoms with Crippen molar-refractivity contribution in [1.29, 1.82) is 0 Å². The van der Waals surface area contributed by atoms with Crippen molar-refractivity contribution in [3.8, 4) is 11.6 Å². The summed E-state index contributed by atoms with van der Waals surface area (Å²) in [5.41, 5.74) is -0.161. The molecule has 2 aromatic rings. The lowest BCUT2D eigenvalue weighted by atomic mass is 10.1. The van der Waals surface area contributed by atoms with Gasteiger partial charge in [0, 0.05) is 11.6 Å². The molecule has 0 spiro atoms. The van der Waals surface area contributed by atoms with E-state index in [0.29, 0.717) is 16.7 Å². The van der Waals surface area contributed by atoms with Gasteiger partial charge in [0.05, 0.1) is 0 Å². The second kappa shape index (κ2) is 6.89. The van der Waals surface area contributed by atoms with Crippen LogP contribution in [0.2, 0.25) is 5.15 Å². The van der Waals surface area contributed by atoms with Gasteiger partial charge in [0.15, 0.2) is 5.11 Å². The number of hydrogen-bond donors (Lipinski definition) is 2. The molecule has 0 bridgehead atoms. The van der Waals surface area contributed by atoms with E-state index in [2.05, 4.69) is 20.6 Å². The highest BCUT2D eigenvalue weighted by Gasteiger charge is 2.13. The van der Waals surface area contributed by atoms with Crippen LogP contribution in [0.5, 0.6) is 11.6 Å². The van der Waals surface area contributed by atoms with Crippen molar-refractivity contribution < 1.29 is 4.74 Å². The molecule has 5 nitrogen and oxygen atoms in total. The van der Waals surface area contributed by atoms with E-state index in [1.165, 1.54) is 0 Å². The maximum absolute atomic E-state index is 6.00. The molecular formula is C15H17ClN4OS. The van der Waals surface area contributed by atoms with Crippen molar-refractivity contribution in [2.45, 2.75) is 26.3 Å². The summed E-state index contributed by atoms with van der Waals surface area (Å²) in [6, 6.07) is 10.9. The molecule has 0 aliphatic carbocycles. The van der Waals surface area contributed by atoms with E-state index >= 15 is 0 Å². The molecule has 1 aromatic carbocycles. The summed E-state index contributed by atoms with van der Waals surface area (Å²) >= 11 is 11.2. The summed E-state index contributed by atoms with van der Waals surface area (Å²) in [6.07, 6.45) is 0. The second-order valence-corrected chi connectivity index (χ2v) is 6.39. The third-order valence-electron chi connectivity index (χ3n) is 2.35. The van der Waals surface area contributed by atoms with Crippen molar-refractivity contribution in [3.63, 3.8) is 0 Å². The fraction of sp³-hybridized carbons (Fsp3) is 0.267. The molecule has 2 rings (SSSR count). The van der Waals surface area contributed by atoms with Crippen LogP contribution in [0, 0.1) is 0 Å². The molecule has 0 atom stereocenters. The number of benzene rings is 1. The average Bonchev–Trinajstić information content (AvgIpc) is 2.36. The van der Waals surface area contributed by atoms with Crippen LogP contribution >= 0.6 is 23.8 Å². The molecule has 0 radical (unpaired) electrons. The number of nitrogens with zero attached hydrogens (tertiary/aromatic N) is 2. The normalized spacial score (nSPS) is 10.9. The number of thiocarbonyl (C=S) groups is 1. The first-order chi connectivity index (χ1) is 10.3. The molecule has 0 fully saturated rings. The average molecular weight is 337 g/mol. The van der Waals surface area contributed by atoms with Gasteiger partial charge in [-0.25, -0.2) is 4.98 Å². The third kappa shape index (κ3) is 5.46. The first-order valence-electron chi connectivity index (χ1n) is 6.68. The summed E-state index contributed by atoms with van der Waals surface area (Å²) < 4.78 is 5.64. The number of halogens is 1. The largest absolute Gasteiger partial charge is 0.439 e. The highest BCUT2D eigenvalue weighted by molar-refractivity contribution is 7.80. The second-order valence-electron chi connectivity index (χ2n) is 5.60. The zero-order chi connectivity index (χ0) is 16.2. The Hall–Kier alpha value is -1.92. The smallest absolute Gasteiger partial charge is 0.233 e. The molecule has 0 unspecified atom stereocenters. The summed E-state index contributed by atoms with van der Waals surface area (Å²) in [5, 5.41) is 6.69. The first-order valence-corrected chi connectivity index (χ1v) is 7.47. The Labute approximate surface area is 140 Å². The Bertz CT molecular complexity index is 658. The van der Waals surface area contributed by atoms with Gasteiger partial charge < -0.3 is 15.4 Å². The van der Waals surface area contributed by atoms with Crippen LogP contribution in [0.3, 0.4) is 0 Å². The number of rotatable bonds is 3. The number of ether oxygens (including phenoxy) is 1. The number of anilines is 1. The van der Waals surface area contributed by atoms with Gasteiger partial charge in [-0.2, -0.15) is 4.98 Å². The van der Waals surface area contributed by atoms with E-state index in [0.717, 1.165) is 0 Å². The van der Waals surface area contributed by atoms with Gasteiger partial charge in [-0.05, 0) is 45.1 Å². The zero-order valence-corrected chi connectivity index (χ0v) is 14.1. The molecule has 1 heterocycles. The number of nitrogens with one attached hydrogen (secondary N) is 2. The van der Waals surface area contributed by atoms with Gasteiger partial charge in [0.25, 0.3) is 0 Å². The lowest BCUT2D eigenvalue weighted by Gasteiger charge is -2.22. The lowest BCUT2D eigenvalue weighted by Crippen LogP contribution is -2.43. The van der Waals surface area contributed by atoms with E-state index in [4.69, 9.17) is 28.6 Å². The minimum absolute atomic E-state index is 0.161. The van der Waals surface area contributed by atoms with Crippen LogP contribution in [0.15, 0.2) is 36.4 Å². The van der Waals surface area contributed by atoms with E-state index in [1.54, 1.807) is 6.07 Å². The van der Waals surface area contributed by atoms with E-state index in [9.17, 15) is 0 Å². The van der Waals surface area contributed by atoms with Crippen LogP contribution in [0.4, 0.5) is 5.95 Å². The maximum Gasteiger partial charge on any atom is 0.233 e. The standard InChI is InChI=1S/C15H17ClN4OS/c1-15(2,3)20-14(22)19-13-17-11(16)9-12(18-13)21-10-7-5-4-6-8-10/h4-9H,1-3H3,(H2,17,18,19,20,22). The number of aromatic nitrogens is 2. The predicted molar refractivity (Wildman–Crippen MR) is 92.7 cm³/mol. The maximum atomic E-state index is 6.00. The summed E-state index contributed by atoms with van der Waals surface area (Å²) in [7, 11) is 0. The van der Waals surface area contributed by atoms with Crippen molar-refractivity contribution in [2.24, 2.45) is 0 Å². The Balaban J connectivity index is 2.11. The monoisotopic (exact) mass is 336 g/mol. The minimum atomic E-state index is -0.161. The van der Waals surface area contributed by atoms with E-state index < -0.39 is 0 Å². The predicted octanol–water partition coefficient (Wildman–Crippen LogP) is 4.01. The van der Waals surface area contributed by atoms with E-state index in [-0.39, 0.29) is 16.6 Å². The zero-order valence-electron chi connectivity index (χ0n) is 12.6. The lowest BCUT2D eigenvalue weighted by molar-refractivity contribution is 0.462. The van der Waals surface area contributed by atoms with Gasteiger partial charge in [0.2, 0.25) is 11.8 Å². The van der Waals surface area contributed by atoms with Gasteiger partial charge >= 0.3 is 0 Å². The SMILES string of the molecule is CC(C)(C)NC(=S)Nc1nc(Cl)cc(Oc2ccccc2)n1. The Morgan fingerprint density at radius 1 is 1.18 bits per heavy atom. The number of hydrogen-bond acceptors (Lipinski definition) is 4. The first kappa shape index (κ1) is 16.5. The molecule has 2 N–H and O–H groups in total. The van der Waals surface area contributed by atoms with Gasteiger partial charge in [-0.3, -0.25) is 0 Å². The highest BCUT2D eigenvalue weighted by Crippen LogP contribution is 2.22. The van der Waals surface area contributed by atoms with Crippen molar-refractivity contribution in [2.75, 3.05) is 5.32 Å². The van der Waals surface area contributed by atoms with Gasteiger partial charge in [-0.15, -0.1) is 0 Å². The Morgan fingerprint density at radius 2 is 1.86 bits per heavy atom. The molecule has 1 aromatic heterocycles. The molecule has 7 heteroatoms. The van der Waals surface area contributed by atoms with Crippen molar-refractivity contribution in [3.05, 3.63) is 41.6 Å². The minimum Gasteiger partial charge on any atom is -0.439 e. The summed E-state index contributed by atoms with van der Waals surface area (Å²) in [6.45, 7) is 6.01. The van der Waals surface area contributed by atoms with Crippen LogP contribution in [-0.2, 0) is 0 Å². The summed E-state index contributed by atoms with van der Waals surface area (Å²) in [4.78, 5) is 8.32. The topological polar surface area (TPSA) is 59.1 Å². The molecule has 0 aliphatic rings. The molecule has 22 heavy (non-hydrogen) atoms. The quantitative estimate of drug-likeness (QED) is 0.652.